The molecule has 1 aliphatic carbocycles. The van der Waals surface area contributed by atoms with Crippen LogP contribution < -0.4 is 0 Å². The standard InChI is InChI=1S/C11H17NO4S/c13-6-9-3-4-12(5-10(9)14)11(15)17(16)7-8-1-2-8/h8-9,13H,1-7H2. The topological polar surface area (TPSA) is 80.7 Å². The van der Waals surface area contributed by atoms with Crippen molar-refractivity contribution < 1.29 is 19.2 Å². The lowest BCUT2D eigenvalue weighted by atomic mass is 9.97. The molecule has 1 aliphatic heterocycles. The van der Waals surface area contributed by atoms with E-state index in [2.05, 4.69) is 0 Å². The zero-order chi connectivity index (χ0) is 12.4. The lowest BCUT2D eigenvalue weighted by molar-refractivity contribution is -0.126. The van der Waals surface area contributed by atoms with Crippen LogP contribution in [0.5, 0.6) is 0 Å². The van der Waals surface area contributed by atoms with Gasteiger partial charge >= 0.3 is 5.24 Å². The number of piperidine rings is 1. The van der Waals surface area contributed by atoms with Crippen molar-refractivity contribution in [2.24, 2.45) is 11.8 Å². The SMILES string of the molecule is O=C1CN(C(=O)[S+]([O-])CC2CC2)CCC1CO. The minimum atomic E-state index is -1.49. The van der Waals surface area contributed by atoms with Crippen LogP contribution in [0.15, 0.2) is 0 Å². The van der Waals surface area contributed by atoms with Crippen LogP contribution in [0.25, 0.3) is 0 Å². The summed E-state index contributed by atoms with van der Waals surface area (Å²) in [5.74, 6) is 0.393. The summed E-state index contributed by atoms with van der Waals surface area (Å²) in [5.41, 5.74) is 0. The zero-order valence-electron chi connectivity index (χ0n) is 9.63. The van der Waals surface area contributed by atoms with Gasteiger partial charge in [-0.25, -0.2) is 4.79 Å². The van der Waals surface area contributed by atoms with Crippen molar-refractivity contribution in [2.45, 2.75) is 19.3 Å². The highest BCUT2D eigenvalue weighted by Gasteiger charge is 2.37. The summed E-state index contributed by atoms with van der Waals surface area (Å²) in [7, 11) is 0. The van der Waals surface area contributed by atoms with Gasteiger partial charge in [0.1, 0.15) is 5.75 Å². The number of carbonyl (C=O) groups excluding carboxylic acids is 2. The third-order valence-corrected chi connectivity index (χ3v) is 4.73. The van der Waals surface area contributed by atoms with Gasteiger partial charge in [0, 0.05) is 29.6 Å². The molecule has 1 N–H and O–H groups in total. The predicted octanol–water partition coefficient (Wildman–Crippen LogP) is 0.148. The first-order valence-corrected chi connectivity index (χ1v) is 7.24. The molecule has 6 heteroatoms. The molecule has 2 fully saturated rings. The molecular formula is C11H17NO4S. The maximum atomic E-state index is 11.8. The Balaban J connectivity index is 1.85. The number of ketones is 1. The van der Waals surface area contributed by atoms with E-state index in [-0.39, 0.29) is 24.9 Å². The molecule has 1 saturated heterocycles. The molecule has 1 saturated carbocycles. The highest BCUT2D eigenvalue weighted by molar-refractivity contribution is 8.05. The number of hydrogen-bond donors (Lipinski definition) is 1. The molecule has 96 valence electrons. The van der Waals surface area contributed by atoms with Gasteiger partial charge in [0.15, 0.2) is 5.78 Å². The second kappa shape index (κ2) is 5.37. The second-order valence-electron chi connectivity index (χ2n) is 4.78. The lowest BCUT2D eigenvalue weighted by Crippen LogP contribution is -2.47. The average Bonchev–Trinajstić information content (AvgIpc) is 3.11. The number of aliphatic hydroxyl groups excluding tert-OH is 1. The molecule has 0 spiro atoms. The molecule has 17 heavy (non-hydrogen) atoms. The minimum Gasteiger partial charge on any atom is -0.608 e. The van der Waals surface area contributed by atoms with Gasteiger partial charge in [-0.05, 0) is 19.3 Å². The molecule has 0 aromatic carbocycles. The first-order chi connectivity index (χ1) is 8.11. The summed E-state index contributed by atoms with van der Waals surface area (Å²) in [6.07, 6.45) is 2.59. The lowest BCUT2D eigenvalue weighted by Gasteiger charge is -2.29. The Morgan fingerprint density at radius 3 is 2.71 bits per heavy atom. The van der Waals surface area contributed by atoms with E-state index in [4.69, 9.17) is 5.11 Å². The number of aliphatic hydroxyl groups is 1. The van der Waals surface area contributed by atoms with Crippen molar-refractivity contribution in [2.75, 3.05) is 25.4 Å². The molecule has 0 aromatic heterocycles. The Kier molecular flexibility index (Phi) is 4.06. The van der Waals surface area contributed by atoms with Crippen LogP contribution in [0.4, 0.5) is 4.79 Å². The highest BCUT2D eigenvalue weighted by Crippen LogP contribution is 2.31. The van der Waals surface area contributed by atoms with E-state index >= 15 is 0 Å². The third-order valence-electron chi connectivity index (χ3n) is 3.31. The van der Waals surface area contributed by atoms with E-state index in [1.54, 1.807) is 0 Å². The van der Waals surface area contributed by atoms with Gasteiger partial charge in [-0.2, -0.15) is 0 Å². The van der Waals surface area contributed by atoms with Crippen molar-refractivity contribution in [1.82, 2.24) is 4.90 Å². The van der Waals surface area contributed by atoms with Crippen LogP contribution in [0.3, 0.4) is 0 Å². The van der Waals surface area contributed by atoms with E-state index < -0.39 is 16.4 Å². The number of hydrogen-bond acceptors (Lipinski definition) is 4. The van der Waals surface area contributed by atoms with Crippen LogP contribution in [0.2, 0.25) is 0 Å². The molecule has 0 aromatic rings. The summed E-state index contributed by atoms with van der Waals surface area (Å²) in [5, 5.41) is 8.52. The molecule has 2 atom stereocenters. The van der Waals surface area contributed by atoms with Crippen molar-refractivity contribution in [1.29, 1.82) is 0 Å². The number of rotatable bonds is 3. The van der Waals surface area contributed by atoms with Gasteiger partial charge in [0.25, 0.3) is 0 Å². The Morgan fingerprint density at radius 1 is 1.47 bits per heavy atom. The van der Waals surface area contributed by atoms with Crippen LogP contribution in [0, 0.1) is 11.8 Å². The highest BCUT2D eigenvalue weighted by atomic mass is 32.2. The number of nitrogens with zero attached hydrogens (tertiary/aromatic N) is 1. The quantitative estimate of drug-likeness (QED) is 0.731. The summed E-state index contributed by atoms with van der Waals surface area (Å²) in [6.45, 7) is 0.263. The third kappa shape index (κ3) is 3.20. The largest absolute Gasteiger partial charge is 0.608 e. The van der Waals surface area contributed by atoms with Crippen molar-refractivity contribution in [3.8, 4) is 0 Å². The number of likely N-dealkylation sites (tertiary alicyclic amines) is 1. The van der Waals surface area contributed by atoms with Gasteiger partial charge in [0.2, 0.25) is 0 Å². The van der Waals surface area contributed by atoms with E-state index in [0.717, 1.165) is 12.8 Å². The fourth-order valence-electron chi connectivity index (χ4n) is 1.93. The van der Waals surface area contributed by atoms with Gasteiger partial charge in [-0.3, -0.25) is 9.69 Å². The fourth-order valence-corrected chi connectivity index (χ4v) is 3.28. The number of Topliss-reactive ketones (excluding diaryl/α,β-unsaturated/α-hetero) is 1. The van der Waals surface area contributed by atoms with Crippen molar-refractivity contribution in [3.63, 3.8) is 0 Å². The normalized spacial score (nSPS) is 27.1. The molecule has 1 heterocycles. The van der Waals surface area contributed by atoms with Crippen LogP contribution in [-0.4, -0.2) is 51.0 Å². The molecule has 5 nitrogen and oxygen atoms in total. The fraction of sp³-hybridized carbons (Fsp3) is 0.818. The second-order valence-corrected chi connectivity index (χ2v) is 6.15. The Hall–Kier alpha value is -0.590. The molecule has 0 bridgehead atoms. The maximum absolute atomic E-state index is 11.8. The van der Waals surface area contributed by atoms with E-state index in [1.807, 2.05) is 0 Å². The van der Waals surface area contributed by atoms with Crippen molar-refractivity contribution in [3.05, 3.63) is 0 Å². The molecule has 2 unspecified atom stereocenters. The molecule has 2 aliphatic rings. The first kappa shape index (κ1) is 12.9. The van der Waals surface area contributed by atoms with Gasteiger partial charge < -0.3 is 9.66 Å². The van der Waals surface area contributed by atoms with Crippen LogP contribution in [-0.2, 0) is 16.0 Å². The van der Waals surface area contributed by atoms with Crippen LogP contribution in [0.1, 0.15) is 19.3 Å². The van der Waals surface area contributed by atoms with Gasteiger partial charge in [-0.1, -0.05) is 0 Å². The summed E-state index contributed by atoms with van der Waals surface area (Å²) >= 11 is -1.49. The minimum absolute atomic E-state index is 0.000463. The Morgan fingerprint density at radius 2 is 2.18 bits per heavy atom. The molecule has 2 rings (SSSR count). The predicted molar refractivity (Wildman–Crippen MR) is 62.9 cm³/mol. The number of carbonyl (C=O) groups is 2. The number of amides is 1. The summed E-state index contributed by atoms with van der Waals surface area (Å²) in [4.78, 5) is 24.7. The summed E-state index contributed by atoms with van der Waals surface area (Å²) in [6, 6.07) is 0. The van der Waals surface area contributed by atoms with Crippen LogP contribution >= 0.6 is 0 Å². The van der Waals surface area contributed by atoms with E-state index in [1.165, 1.54) is 4.90 Å². The molecular weight excluding hydrogens is 242 g/mol. The summed E-state index contributed by atoms with van der Waals surface area (Å²) < 4.78 is 11.7. The smallest absolute Gasteiger partial charge is 0.430 e. The molecule has 1 amide bonds. The average molecular weight is 259 g/mol. The van der Waals surface area contributed by atoms with Gasteiger partial charge in [0.05, 0.1) is 13.2 Å². The molecule has 0 radical (unpaired) electrons. The Labute approximate surface area is 103 Å². The zero-order valence-corrected chi connectivity index (χ0v) is 10.4. The van der Waals surface area contributed by atoms with Crippen molar-refractivity contribution >= 4 is 22.2 Å². The van der Waals surface area contributed by atoms with E-state index in [0.29, 0.717) is 24.6 Å². The monoisotopic (exact) mass is 259 g/mol. The maximum Gasteiger partial charge on any atom is 0.430 e. The van der Waals surface area contributed by atoms with E-state index in [9.17, 15) is 14.1 Å². The Bertz CT molecular complexity index is 319. The first-order valence-electron chi connectivity index (χ1n) is 5.92. The van der Waals surface area contributed by atoms with Gasteiger partial charge in [-0.15, -0.1) is 0 Å².